The number of carbonyl (C=O) groups is 1. The van der Waals surface area contributed by atoms with E-state index in [1.54, 1.807) is 0 Å². The number of fused-ring (bicyclic) bond motifs is 2. The summed E-state index contributed by atoms with van der Waals surface area (Å²) in [4.78, 5) is 12.2. The number of nitrogens with one attached hydrogen (secondary N) is 1. The fourth-order valence-corrected chi connectivity index (χ4v) is 3.41. The van der Waals surface area contributed by atoms with Gasteiger partial charge in [-0.3, -0.25) is 4.79 Å². The first-order valence-electron chi connectivity index (χ1n) is 8.81. The lowest BCUT2D eigenvalue weighted by molar-refractivity contribution is -0.118. The Labute approximate surface area is 147 Å². The summed E-state index contributed by atoms with van der Waals surface area (Å²) < 4.78 is 5.68. The lowest BCUT2D eigenvalue weighted by Crippen LogP contribution is -2.20. The van der Waals surface area contributed by atoms with Gasteiger partial charge in [0.25, 0.3) is 5.91 Å². The second-order valence-corrected chi connectivity index (χ2v) is 6.54. The zero-order valence-corrected chi connectivity index (χ0v) is 14.1. The van der Waals surface area contributed by atoms with Crippen molar-refractivity contribution in [2.75, 3.05) is 11.9 Å². The molecule has 0 saturated carbocycles. The summed E-state index contributed by atoms with van der Waals surface area (Å²) in [6.45, 7) is 0.0195. The van der Waals surface area contributed by atoms with E-state index in [-0.39, 0.29) is 12.5 Å². The number of hydrogen-bond donors (Lipinski definition) is 1. The molecule has 3 nitrogen and oxygen atoms in total. The zero-order valence-electron chi connectivity index (χ0n) is 14.1. The van der Waals surface area contributed by atoms with E-state index in [4.69, 9.17) is 4.74 Å². The molecule has 25 heavy (non-hydrogen) atoms. The van der Waals surface area contributed by atoms with E-state index in [0.717, 1.165) is 35.1 Å². The van der Waals surface area contributed by atoms with Crippen molar-refractivity contribution in [1.82, 2.24) is 0 Å². The number of ether oxygens (including phenoxy) is 1. The smallest absolute Gasteiger partial charge is 0.262 e. The van der Waals surface area contributed by atoms with Crippen LogP contribution in [0.1, 0.15) is 24.0 Å². The fourth-order valence-electron chi connectivity index (χ4n) is 3.41. The van der Waals surface area contributed by atoms with E-state index < -0.39 is 0 Å². The average molecular weight is 331 g/mol. The van der Waals surface area contributed by atoms with Gasteiger partial charge in [-0.2, -0.15) is 0 Å². The summed E-state index contributed by atoms with van der Waals surface area (Å²) in [7, 11) is 0. The van der Waals surface area contributed by atoms with Gasteiger partial charge in [0, 0.05) is 5.69 Å². The van der Waals surface area contributed by atoms with E-state index in [2.05, 4.69) is 23.5 Å². The largest absolute Gasteiger partial charge is 0.484 e. The molecule has 0 unspecified atom stereocenters. The van der Waals surface area contributed by atoms with Gasteiger partial charge < -0.3 is 10.1 Å². The molecule has 1 amide bonds. The monoisotopic (exact) mass is 331 g/mol. The molecule has 3 aromatic carbocycles. The molecule has 0 fully saturated rings. The summed E-state index contributed by atoms with van der Waals surface area (Å²) in [6.07, 6.45) is 4.76. The van der Waals surface area contributed by atoms with Gasteiger partial charge in [-0.25, -0.2) is 0 Å². The van der Waals surface area contributed by atoms with Gasteiger partial charge in [0.15, 0.2) is 6.61 Å². The van der Waals surface area contributed by atoms with Crippen molar-refractivity contribution in [2.45, 2.75) is 25.7 Å². The van der Waals surface area contributed by atoms with Gasteiger partial charge in [-0.1, -0.05) is 36.4 Å². The van der Waals surface area contributed by atoms with Crippen LogP contribution in [0.2, 0.25) is 0 Å². The standard InChI is InChI=1S/C22H21NO2/c24-22(23-20-11-9-16-5-1-3-7-18(16)13-20)15-25-21-12-10-17-6-2-4-8-19(17)14-21/h1,3,5,7,9-14H,2,4,6,8,15H2,(H,23,24). The van der Waals surface area contributed by atoms with Crippen LogP contribution < -0.4 is 10.1 Å². The molecule has 126 valence electrons. The van der Waals surface area contributed by atoms with E-state index >= 15 is 0 Å². The first-order chi connectivity index (χ1) is 12.3. The van der Waals surface area contributed by atoms with Gasteiger partial charge in [-0.15, -0.1) is 0 Å². The summed E-state index contributed by atoms with van der Waals surface area (Å²) in [5.41, 5.74) is 3.57. The SMILES string of the molecule is O=C(COc1ccc2c(c1)CCCC2)Nc1ccc2ccccc2c1. The van der Waals surface area contributed by atoms with Crippen molar-refractivity contribution in [2.24, 2.45) is 0 Å². The third-order valence-electron chi connectivity index (χ3n) is 4.72. The molecule has 1 N–H and O–H groups in total. The Morgan fingerprint density at radius 2 is 1.68 bits per heavy atom. The van der Waals surface area contributed by atoms with Gasteiger partial charge >= 0.3 is 0 Å². The number of rotatable bonds is 4. The number of amides is 1. The van der Waals surface area contributed by atoms with Crippen molar-refractivity contribution in [3.8, 4) is 5.75 Å². The summed E-state index contributed by atoms with van der Waals surface area (Å²) >= 11 is 0. The molecular weight excluding hydrogens is 310 g/mol. The number of carbonyl (C=O) groups excluding carboxylic acids is 1. The number of benzene rings is 3. The summed E-state index contributed by atoms with van der Waals surface area (Å²) in [5.74, 6) is 0.627. The quantitative estimate of drug-likeness (QED) is 0.750. The highest BCUT2D eigenvalue weighted by Crippen LogP contribution is 2.25. The average Bonchev–Trinajstić information content (AvgIpc) is 2.66. The fraction of sp³-hybridized carbons (Fsp3) is 0.227. The van der Waals surface area contributed by atoms with Crippen LogP contribution in [0.5, 0.6) is 5.75 Å². The Balaban J connectivity index is 1.38. The molecule has 0 atom stereocenters. The maximum Gasteiger partial charge on any atom is 0.262 e. The topological polar surface area (TPSA) is 38.3 Å². The molecule has 0 bridgehead atoms. The molecule has 1 aliphatic rings. The van der Waals surface area contributed by atoms with E-state index in [0.29, 0.717) is 0 Å². The molecular formula is C22H21NO2. The Bertz CT molecular complexity index is 917. The first-order valence-corrected chi connectivity index (χ1v) is 8.81. The number of aryl methyl sites for hydroxylation is 2. The van der Waals surface area contributed by atoms with Crippen molar-refractivity contribution in [3.63, 3.8) is 0 Å². The third kappa shape index (κ3) is 3.66. The second-order valence-electron chi connectivity index (χ2n) is 6.54. The van der Waals surface area contributed by atoms with E-state index in [1.165, 1.54) is 24.0 Å². The van der Waals surface area contributed by atoms with Crippen LogP contribution >= 0.6 is 0 Å². The molecule has 0 heterocycles. The lowest BCUT2D eigenvalue weighted by Gasteiger charge is -2.16. The van der Waals surface area contributed by atoms with Crippen molar-refractivity contribution >= 4 is 22.4 Å². The van der Waals surface area contributed by atoms with Gasteiger partial charge in [0.1, 0.15) is 5.75 Å². The highest BCUT2D eigenvalue weighted by Gasteiger charge is 2.11. The molecule has 3 heteroatoms. The molecule has 1 aliphatic carbocycles. The lowest BCUT2D eigenvalue weighted by atomic mass is 9.92. The van der Waals surface area contributed by atoms with Gasteiger partial charge in [-0.05, 0) is 71.8 Å². The maximum atomic E-state index is 12.2. The second kappa shape index (κ2) is 6.98. The highest BCUT2D eigenvalue weighted by molar-refractivity contribution is 5.95. The van der Waals surface area contributed by atoms with Crippen molar-refractivity contribution in [3.05, 3.63) is 71.8 Å². The molecule has 4 rings (SSSR count). The zero-order chi connectivity index (χ0) is 17.1. The van der Waals surface area contributed by atoms with Crippen LogP contribution in [0.15, 0.2) is 60.7 Å². The Hall–Kier alpha value is -2.81. The van der Waals surface area contributed by atoms with Crippen LogP contribution in [-0.4, -0.2) is 12.5 Å². The predicted molar refractivity (Wildman–Crippen MR) is 101 cm³/mol. The molecule has 0 radical (unpaired) electrons. The number of anilines is 1. The van der Waals surface area contributed by atoms with Crippen molar-refractivity contribution < 1.29 is 9.53 Å². The first kappa shape index (κ1) is 15.7. The number of hydrogen-bond acceptors (Lipinski definition) is 2. The van der Waals surface area contributed by atoms with Crippen LogP contribution in [0.4, 0.5) is 5.69 Å². The Morgan fingerprint density at radius 1 is 0.880 bits per heavy atom. The maximum absolute atomic E-state index is 12.2. The molecule has 0 aliphatic heterocycles. The van der Waals surface area contributed by atoms with Gasteiger partial charge in [0.05, 0.1) is 0 Å². The van der Waals surface area contributed by atoms with Gasteiger partial charge in [0.2, 0.25) is 0 Å². The van der Waals surface area contributed by atoms with E-state index in [1.807, 2.05) is 42.5 Å². The molecule has 0 aromatic heterocycles. The normalized spacial score (nSPS) is 13.3. The minimum atomic E-state index is -0.145. The minimum Gasteiger partial charge on any atom is -0.484 e. The van der Waals surface area contributed by atoms with Crippen LogP contribution in [0.25, 0.3) is 10.8 Å². The molecule has 3 aromatic rings. The summed E-state index contributed by atoms with van der Waals surface area (Å²) in [6, 6.07) is 20.2. The van der Waals surface area contributed by atoms with Crippen molar-refractivity contribution in [1.29, 1.82) is 0 Å². The Kier molecular flexibility index (Phi) is 4.38. The minimum absolute atomic E-state index is 0.0195. The summed E-state index contributed by atoms with van der Waals surface area (Å²) in [5, 5.41) is 5.17. The highest BCUT2D eigenvalue weighted by atomic mass is 16.5. The molecule has 0 saturated heterocycles. The van der Waals surface area contributed by atoms with Crippen LogP contribution in [0, 0.1) is 0 Å². The third-order valence-corrected chi connectivity index (χ3v) is 4.72. The Morgan fingerprint density at radius 3 is 2.56 bits per heavy atom. The predicted octanol–water partition coefficient (Wildman–Crippen LogP) is 4.74. The molecule has 0 spiro atoms. The van der Waals surface area contributed by atoms with Crippen LogP contribution in [-0.2, 0) is 17.6 Å². The van der Waals surface area contributed by atoms with Crippen LogP contribution in [0.3, 0.4) is 0 Å². The van der Waals surface area contributed by atoms with E-state index in [9.17, 15) is 4.79 Å².